The molecule has 0 saturated heterocycles. The van der Waals surface area contributed by atoms with Gasteiger partial charge in [0, 0.05) is 17.1 Å². The largest absolute Gasteiger partial charge is 0.487 e. The summed E-state index contributed by atoms with van der Waals surface area (Å²) in [5.41, 5.74) is 2.65. The molecule has 0 radical (unpaired) electrons. The number of aliphatic hydroxyl groups is 1. The van der Waals surface area contributed by atoms with Crippen molar-refractivity contribution in [2.45, 2.75) is 26.6 Å². The highest BCUT2D eigenvalue weighted by molar-refractivity contribution is 9.10. The molecular formula is C14H16Br2N2O2. The van der Waals surface area contributed by atoms with Gasteiger partial charge in [-0.1, -0.05) is 22.0 Å². The number of halogens is 2. The zero-order chi connectivity index (χ0) is 14.9. The van der Waals surface area contributed by atoms with E-state index >= 15 is 0 Å². The van der Waals surface area contributed by atoms with Gasteiger partial charge < -0.3 is 9.84 Å². The number of aromatic nitrogens is 2. The molecule has 0 aliphatic rings. The lowest BCUT2D eigenvalue weighted by atomic mass is 10.1. The van der Waals surface area contributed by atoms with Crippen LogP contribution in [0.5, 0.6) is 5.75 Å². The van der Waals surface area contributed by atoms with Gasteiger partial charge in [0.15, 0.2) is 0 Å². The van der Waals surface area contributed by atoms with Gasteiger partial charge in [0.2, 0.25) is 0 Å². The number of hydrogen-bond donors (Lipinski definition) is 1. The highest BCUT2D eigenvalue weighted by Crippen LogP contribution is 2.30. The number of ether oxygens (including phenoxy) is 1. The first-order valence-corrected chi connectivity index (χ1v) is 7.77. The van der Waals surface area contributed by atoms with Crippen LogP contribution in [0.3, 0.4) is 0 Å². The second kappa shape index (κ2) is 6.28. The number of benzene rings is 1. The summed E-state index contributed by atoms with van der Waals surface area (Å²) in [4.78, 5) is 0. The fraction of sp³-hybridized carbons (Fsp3) is 0.357. The molecule has 4 nitrogen and oxygen atoms in total. The number of aryl methyl sites for hydroxylation is 2. The molecular weight excluding hydrogens is 388 g/mol. The van der Waals surface area contributed by atoms with Gasteiger partial charge in [0.1, 0.15) is 12.4 Å². The summed E-state index contributed by atoms with van der Waals surface area (Å²) in [6.07, 6.45) is -0.574. The van der Waals surface area contributed by atoms with Gasteiger partial charge in [0.05, 0.1) is 22.0 Å². The molecule has 20 heavy (non-hydrogen) atoms. The molecule has 0 bridgehead atoms. The van der Waals surface area contributed by atoms with Crippen molar-refractivity contribution < 1.29 is 9.84 Å². The van der Waals surface area contributed by atoms with Crippen molar-refractivity contribution in [3.05, 3.63) is 44.1 Å². The molecule has 0 unspecified atom stereocenters. The maximum absolute atomic E-state index is 9.78. The number of aliphatic hydroxyl groups excluding tert-OH is 1. The van der Waals surface area contributed by atoms with E-state index < -0.39 is 6.10 Å². The summed E-state index contributed by atoms with van der Waals surface area (Å²) in [5, 5.41) is 14.1. The Hall–Kier alpha value is -0.850. The van der Waals surface area contributed by atoms with E-state index in [4.69, 9.17) is 4.74 Å². The van der Waals surface area contributed by atoms with Crippen LogP contribution in [0.4, 0.5) is 0 Å². The lowest BCUT2D eigenvalue weighted by Gasteiger charge is -2.14. The second-order valence-electron chi connectivity index (χ2n) is 4.62. The number of hydrogen-bond acceptors (Lipinski definition) is 3. The van der Waals surface area contributed by atoms with Crippen LogP contribution < -0.4 is 4.74 Å². The monoisotopic (exact) mass is 402 g/mol. The predicted octanol–water partition coefficient (Wildman–Crippen LogP) is 3.89. The summed E-state index contributed by atoms with van der Waals surface area (Å²) in [5.74, 6) is 0.667. The van der Waals surface area contributed by atoms with E-state index in [-0.39, 0.29) is 0 Å². The Morgan fingerprint density at radius 1 is 1.40 bits per heavy atom. The van der Waals surface area contributed by atoms with Crippen LogP contribution in [-0.4, -0.2) is 14.9 Å². The van der Waals surface area contributed by atoms with Gasteiger partial charge in [0.25, 0.3) is 0 Å². The maximum atomic E-state index is 9.78. The first kappa shape index (κ1) is 15.5. The van der Waals surface area contributed by atoms with Crippen molar-refractivity contribution in [3.8, 4) is 5.75 Å². The van der Waals surface area contributed by atoms with Gasteiger partial charge in [-0.15, -0.1) is 0 Å². The molecule has 0 fully saturated rings. The molecule has 0 saturated carbocycles. The second-order valence-corrected chi connectivity index (χ2v) is 6.33. The molecule has 108 valence electrons. The molecule has 0 aliphatic carbocycles. The third-order valence-corrected chi connectivity index (χ3v) is 4.58. The summed E-state index contributed by atoms with van der Waals surface area (Å²) in [6.45, 7) is 4.04. The van der Waals surface area contributed by atoms with Gasteiger partial charge in [-0.2, -0.15) is 5.10 Å². The number of nitrogens with zero attached hydrogens (tertiary/aromatic N) is 2. The third-order valence-electron chi connectivity index (χ3n) is 3.05. The predicted molar refractivity (Wildman–Crippen MR) is 84.8 cm³/mol. The summed E-state index contributed by atoms with van der Waals surface area (Å²) in [7, 11) is 1.88. The number of rotatable bonds is 4. The van der Waals surface area contributed by atoms with Gasteiger partial charge >= 0.3 is 0 Å². The zero-order valence-corrected chi connectivity index (χ0v) is 14.7. The topological polar surface area (TPSA) is 47.3 Å². The maximum Gasteiger partial charge on any atom is 0.131 e. The fourth-order valence-corrected chi connectivity index (χ4v) is 2.75. The molecule has 1 aromatic carbocycles. The standard InChI is InChI=1S/C14H16Br2N2O2/c1-8-14(16)12(18(3)17-8)7-20-13-6-10(15)4-5-11(13)9(2)19/h4-6,9,19H,7H2,1-3H3/t9-/m1/s1. The molecule has 1 heterocycles. The van der Waals surface area contributed by atoms with Gasteiger partial charge in [-0.05, 0) is 41.9 Å². The quantitative estimate of drug-likeness (QED) is 0.842. The Bertz CT molecular complexity index is 624. The van der Waals surface area contributed by atoms with Crippen LogP contribution in [0.25, 0.3) is 0 Å². The SMILES string of the molecule is Cc1nn(C)c(COc2cc(Br)ccc2[C@@H](C)O)c1Br. The van der Waals surface area contributed by atoms with E-state index in [1.807, 2.05) is 32.2 Å². The summed E-state index contributed by atoms with van der Waals surface area (Å²) in [6, 6.07) is 5.60. The lowest BCUT2D eigenvalue weighted by molar-refractivity contribution is 0.189. The average molecular weight is 404 g/mol. The van der Waals surface area contributed by atoms with E-state index in [1.165, 1.54) is 0 Å². The Balaban J connectivity index is 2.24. The van der Waals surface area contributed by atoms with Crippen LogP contribution in [0.2, 0.25) is 0 Å². The van der Waals surface area contributed by atoms with E-state index in [0.29, 0.717) is 12.4 Å². The van der Waals surface area contributed by atoms with Crippen LogP contribution in [-0.2, 0) is 13.7 Å². The molecule has 0 spiro atoms. The molecule has 6 heteroatoms. The highest BCUT2D eigenvalue weighted by atomic mass is 79.9. The zero-order valence-electron chi connectivity index (χ0n) is 11.5. The highest BCUT2D eigenvalue weighted by Gasteiger charge is 2.14. The van der Waals surface area contributed by atoms with E-state index in [2.05, 4.69) is 37.0 Å². The van der Waals surface area contributed by atoms with Crippen molar-refractivity contribution in [3.63, 3.8) is 0 Å². The van der Waals surface area contributed by atoms with Gasteiger partial charge in [-0.25, -0.2) is 0 Å². The Morgan fingerprint density at radius 2 is 2.10 bits per heavy atom. The van der Waals surface area contributed by atoms with E-state index in [0.717, 1.165) is 25.9 Å². The van der Waals surface area contributed by atoms with Crippen molar-refractivity contribution in [1.82, 2.24) is 9.78 Å². The summed E-state index contributed by atoms with van der Waals surface area (Å²) < 4.78 is 9.52. The minimum Gasteiger partial charge on any atom is -0.487 e. The Kier molecular flexibility index (Phi) is 4.88. The average Bonchev–Trinajstić information content (AvgIpc) is 2.61. The van der Waals surface area contributed by atoms with Crippen LogP contribution in [0.15, 0.2) is 27.1 Å². The first-order valence-electron chi connectivity index (χ1n) is 6.18. The van der Waals surface area contributed by atoms with Crippen LogP contribution >= 0.6 is 31.9 Å². The minimum absolute atomic E-state index is 0.383. The summed E-state index contributed by atoms with van der Waals surface area (Å²) >= 11 is 6.93. The van der Waals surface area contributed by atoms with Crippen molar-refractivity contribution in [2.24, 2.45) is 7.05 Å². The Morgan fingerprint density at radius 3 is 2.65 bits per heavy atom. The van der Waals surface area contributed by atoms with Crippen LogP contribution in [0.1, 0.15) is 30.0 Å². The minimum atomic E-state index is -0.574. The van der Waals surface area contributed by atoms with Crippen molar-refractivity contribution >= 4 is 31.9 Å². The lowest BCUT2D eigenvalue weighted by Crippen LogP contribution is -2.06. The van der Waals surface area contributed by atoms with Crippen molar-refractivity contribution in [2.75, 3.05) is 0 Å². The molecule has 0 aliphatic heterocycles. The van der Waals surface area contributed by atoms with E-state index in [1.54, 1.807) is 11.6 Å². The molecule has 1 aromatic heterocycles. The molecule has 1 N–H and O–H groups in total. The van der Waals surface area contributed by atoms with E-state index in [9.17, 15) is 5.11 Å². The normalized spacial score (nSPS) is 12.5. The molecule has 2 rings (SSSR count). The van der Waals surface area contributed by atoms with Crippen LogP contribution in [0, 0.1) is 6.92 Å². The van der Waals surface area contributed by atoms with Crippen molar-refractivity contribution in [1.29, 1.82) is 0 Å². The third kappa shape index (κ3) is 3.24. The first-order chi connectivity index (χ1) is 9.40. The smallest absolute Gasteiger partial charge is 0.131 e. The molecule has 1 atom stereocenters. The fourth-order valence-electron chi connectivity index (χ4n) is 1.96. The molecule has 0 amide bonds. The molecule has 2 aromatic rings. The Labute approximate surface area is 135 Å². The van der Waals surface area contributed by atoms with Gasteiger partial charge in [-0.3, -0.25) is 4.68 Å².